The summed E-state index contributed by atoms with van der Waals surface area (Å²) in [5.41, 5.74) is 2.35. The van der Waals surface area contributed by atoms with Gasteiger partial charge in [0.05, 0.1) is 0 Å². The van der Waals surface area contributed by atoms with Crippen LogP contribution in [0.1, 0.15) is 19.8 Å². The van der Waals surface area contributed by atoms with E-state index in [0.717, 1.165) is 12.8 Å². The lowest BCUT2D eigenvalue weighted by Gasteiger charge is -2.32. The van der Waals surface area contributed by atoms with Crippen LogP contribution in [0.15, 0.2) is 23.2 Å². The van der Waals surface area contributed by atoms with E-state index in [-0.39, 0.29) is 10.9 Å². The van der Waals surface area contributed by atoms with E-state index in [0.29, 0.717) is 11.7 Å². The second-order valence-electron chi connectivity index (χ2n) is 4.42. The van der Waals surface area contributed by atoms with E-state index in [1.807, 2.05) is 0 Å². The highest BCUT2D eigenvalue weighted by molar-refractivity contribution is 7.89. The third-order valence-electron chi connectivity index (χ3n) is 2.89. The highest BCUT2D eigenvalue weighted by atomic mass is 32.2. The highest BCUT2D eigenvalue weighted by Gasteiger charge is 2.29. The Morgan fingerprint density at radius 3 is 2.59 bits per heavy atom. The Balaban J connectivity index is 2.08. The van der Waals surface area contributed by atoms with Gasteiger partial charge in [0.15, 0.2) is 0 Å². The minimum atomic E-state index is -3.45. The maximum absolute atomic E-state index is 11.9. The third kappa shape index (κ3) is 2.74. The van der Waals surface area contributed by atoms with Crippen molar-refractivity contribution >= 4 is 15.8 Å². The molecule has 1 aliphatic carbocycles. The van der Waals surface area contributed by atoms with Gasteiger partial charge in [0, 0.05) is 12.2 Å². The van der Waals surface area contributed by atoms with Crippen LogP contribution in [-0.4, -0.2) is 19.4 Å². The summed E-state index contributed by atoms with van der Waals surface area (Å²) in [5, 5.41) is 0. The van der Waals surface area contributed by atoms with Crippen LogP contribution >= 0.6 is 0 Å². The average Bonchev–Trinajstić information content (AvgIpc) is 2.27. The molecule has 1 aromatic heterocycles. The van der Waals surface area contributed by atoms with Gasteiger partial charge in [-0.1, -0.05) is 6.92 Å². The number of rotatable bonds is 4. The van der Waals surface area contributed by atoms with Crippen molar-refractivity contribution in [2.24, 2.45) is 11.8 Å². The van der Waals surface area contributed by atoms with Crippen molar-refractivity contribution in [3.05, 3.63) is 18.3 Å². The van der Waals surface area contributed by atoms with Crippen molar-refractivity contribution in [1.29, 1.82) is 0 Å². The lowest BCUT2D eigenvalue weighted by molar-refractivity contribution is 0.270. The van der Waals surface area contributed by atoms with Gasteiger partial charge in [-0.05, 0) is 30.9 Å². The molecule has 0 radical (unpaired) electrons. The zero-order valence-corrected chi connectivity index (χ0v) is 10.4. The van der Waals surface area contributed by atoms with Crippen molar-refractivity contribution in [3.8, 4) is 0 Å². The van der Waals surface area contributed by atoms with Crippen LogP contribution in [0.5, 0.6) is 0 Å². The first-order valence-corrected chi connectivity index (χ1v) is 6.94. The maximum atomic E-state index is 11.9. The number of nitrogens with two attached hydrogens (primary N) is 1. The van der Waals surface area contributed by atoms with E-state index < -0.39 is 10.0 Å². The number of aromatic nitrogens is 1. The Bertz CT molecular complexity index is 480. The Kier molecular flexibility index (Phi) is 3.32. The molecule has 7 heteroatoms. The molecule has 1 heterocycles. The highest BCUT2D eigenvalue weighted by Crippen LogP contribution is 2.27. The number of hydrogen-bond donors (Lipinski definition) is 3. The first-order chi connectivity index (χ1) is 8.01. The molecule has 0 atom stereocenters. The number of hydrazine groups is 1. The molecule has 1 saturated carbocycles. The summed E-state index contributed by atoms with van der Waals surface area (Å²) in [6, 6.07) is 3.06. The zero-order chi connectivity index (χ0) is 12.5. The summed E-state index contributed by atoms with van der Waals surface area (Å²) in [6.07, 6.45) is 3.09. The lowest BCUT2D eigenvalue weighted by atomic mass is 9.83. The van der Waals surface area contributed by atoms with E-state index in [4.69, 9.17) is 5.84 Å². The minimum Gasteiger partial charge on any atom is -0.308 e. The largest absolute Gasteiger partial charge is 0.308 e. The van der Waals surface area contributed by atoms with Gasteiger partial charge in [0.25, 0.3) is 0 Å². The Hall–Kier alpha value is -1.18. The fourth-order valence-corrected chi connectivity index (χ4v) is 3.12. The van der Waals surface area contributed by atoms with Crippen LogP contribution in [0.25, 0.3) is 0 Å². The average molecular weight is 256 g/mol. The molecule has 1 fully saturated rings. The molecule has 94 valence electrons. The van der Waals surface area contributed by atoms with E-state index in [1.165, 1.54) is 18.3 Å². The number of nitrogens with one attached hydrogen (secondary N) is 2. The number of anilines is 1. The molecule has 1 aliphatic rings. The lowest BCUT2D eigenvalue weighted by Crippen LogP contribution is -2.43. The molecular weight excluding hydrogens is 240 g/mol. The van der Waals surface area contributed by atoms with Crippen molar-refractivity contribution < 1.29 is 8.42 Å². The molecular formula is C10H16N4O2S. The van der Waals surface area contributed by atoms with Gasteiger partial charge in [0.2, 0.25) is 10.0 Å². The number of nitrogen functional groups attached to an aromatic ring is 1. The van der Waals surface area contributed by atoms with Gasteiger partial charge in [-0.2, -0.15) is 0 Å². The monoisotopic (exact) mass is 256 g/mol. The maximum Gasteiger partial charge on any atom is 0.242 e. The minimum absolute atomic E-state index is 0.0577. The summed E-state index contributed by atoms with van der Waals surface area (Å²) >= 11 is 0. The van der Waals surface area contributed by atoms with E-state index in [9.17, 15) is 8.42 Å². The van der Waals surface area contributed by atoms with E-state index in [2.05, 4.69) is 22.1 Å². The normalized spacial score (nSPS) is 24.1. The van der Waals surface area contributed by atoms with Crippen LogP contribution in [0.3, 0.4) is 0 Å². The summed E-state index contributed by atoms with van der Waals surface area (Å²) in [6.45, 7) is 2.11. The summed E-state index contributed by atoms with van der Waals surface area (Å²) in [4.78, 5) is 4.04. The summed E-state index contributed by atoms with van der Waals surface area (Å²) < 4.78 is 26.5. The molecule has 0 aliphatic heterocycles. The van der Waals surface area contributed by atoms with Gasteiger partial charge in [-0.25, -0.2) is 24.0 Å². The smallest absolute Gasteiger partial charge is 0.242 e. The SMILES string of the molecule is CC1CC(NS(=O)(=O)c2ccc(NN)nc2)C1. The Morgan fingerprint density at radius 1 is 1.41 bits per heavy atom. The first-order valence-electron chi connectivity index (χ1n) is 5.46. The van der Waals surface area contributed by atoms with Crippen molar-refractivity contribution in [3.63, 3.8) is 0 Å². The van der Waals surface area contributed by atoms with Gasteiger partial charge in [-0.3, -0.25) is 0 Å². The second-order valence-corrected chi connectivity index (χ2v) is 6.13. The molecule has 4 N–H and O–H groups in total. The van der Waals surface area contributed by atoms with Crippen LogP contribution in [0, 0.1) is 5.92 Å². The van der Waals surface area contributed by atoms with Gasteiger partial charge >= 0.3 is 0 Å². The molecule has 6 nitrogen and oxygen atoms in total. The van der Waals surface area contributed by atoms with E-state index >= 15 is 0 Å². The van der Waals surface area contributed by atoms with Crippen molar-refractivity contribution in [2.75, 3.05) is 5.43 Å². The summed E-state index contributed by atoms with van der Waals surface area (Å²) in [7, 11) is -3.45. The number of hydrogen-bond acceptors (Lipinski definition) is 5. The molecule has 17 heavy (non-hydrogen) atoms. The second kappa shape index (κ2) is 4.59. The number of nitrogens with zero attached hydrogens (tertiary/aromatic N) is 1. The third-order valence-corrected chi connectivity index (χ3v) is 4.40. The number of sulfonamides is 1. The van der Waals surface area contributed by atoms with E-state index in [1.54, 1.807) is 0 Å². The molecule has 0 unspecified atom stereocenters. The molecule has 0 aromatic carbocycles. The van der Waals surface area contributed by atoms with Crippen LogP contribution in [0.2, 0.25) is 0 Å². The molecule has 1 aromatic rings. The van der Waals surface area contributed by atoms with Crippen LogP contribution in [0.4, 0.5) is 5.82 Å². The fraction of sp³-hybridized carbons (Fsp3) is 0.500. The molecule has 0 bridgehead atoms. The predicted molar refractivity (Wildman–Crippen MR) is 64.6 cm³/mol. The standard InChI is InChI=1S/C10H16N4O2S/c1-7-4-8(5-7)14-17(15,16)9-2-3-10(13-11)12-6-9/h2-3,6-8,14H,4-5,11H2,1H3,(H,12,13). The van der Waals surface area contributed by atoms with Crippen LogP contribution < -0.4 is 16.0 Å². The Morgan fingerprint density at radius 2 is 2.12 bits per heavy atom. The van der Waals surface area contributed by atoms with Crippen molar-refractivity contribution in [2.45, 2.75) is 30.7 Å². The Labute approximate surface area is 101 Å². The number of pyridine rings is 1. The van der Waals surface area contributed by atoms with Crippen LogP contribution in [-0.2, 0) is 10.0 Å². The molecule has 0 amide bonds. The first kappa shape index (κ1) is 12.3. The fourth-order valence-electron chi connectivity index (χ4n) is 1.91. The van der Waals surface area contributed by atoms with Gasteiger partial charge in [0.1, 0.15) is 10.7 Å². The molecule has 2 rings (SSSR count). The quantitative estimate of drug-likeness (QED) is 0.536. The predicted octanol–water partition coefficient (Wildman–Crippen LogP) is 0.444. The molecule has 0 saturated heterocycles. The van der Waals surface area contributed by atoms with Gasteiger partial charge in [-0.15, -0.1) is 0 Å². The topological polar surface area (TPSA) is 97.1 Å². The van der Waals surface area contributed by atoms with Crippen molar-refractivity contribution in [1.82, 2.24) is 9.71 Å². The zero-order valence-electron chi connectivity index (χ0n) is 9.55. The van der Waals surface area contributed by atoms with Gasteiger partial charge < -0.3 is 5.43 Å². The summed E-state index contributed by atoms with van der Waals surface area (Å²) in [5.74, 6) is 6.19. The molecule has 0 spiro atoms.